The molecule has 0 fully saturated rings. The molecule has 0 saturated carbocycles. The van der Waals surface area contributed by atoms with E-state index in [9.17, 15) is 14.4 Å². The molecular formula is C19H20ClNO5S. The summed E-state index contributed by atoms with van der Waals surface area (Å²) in [6, 6.07) is 6.31. The predicted molar refractivity (Wildman–Crippen MR) is 105 cm³/mol. The Morgan fingerprint density at radius 3 is 2.33 bits per heavy atom. The van der Waals surface area contributed by atoms with Gasteiger partial charge in [0, 0.05) is 10.6 Å². The molecule has 0 aliphatic carbocycles. The van der Waals surface area contributed by atoms with Crippen LogP contribution in [0.15, 0.2) is 24.3 Å². The summed E-state index contributed by atoms with van der Waals surface area (Å²) >= 11 is 6.82. The van der Waals surface area contributed by atoms with Crippen LogP contribution < -0.4 is 5.32 Å². The first-order chi connectivity index (χ1) is 12.7. The van der Waals surface area contributed by atoms with E-state index in [-0.39, 0.29) is 28.2 Å². The zero-order valence-corrected chi connectivity index (χ0v) is 17.0. The molecule has 0 aliphatic rings. The van der Waals surface area contributed by atoms with E-state index >= 15 is 0 Å². The van der Waals surface area contributed by atoms with Gasteiger partial charge in [-0.25, -0.2) is 9.59 Å². The largest absolute Gasteiger partial charge is 0.462 e. The van der Waals surface area contributed by atoms with Crippen LogP contribution in [0.2, 0.25) is 5.02 Å². The molecule has 1 amide bonds. The second-order valence-electron chi connectivity index (χ2n) is 5.90. The first kappa shape index (κ1) is 20.9. The summed E-state index contributed by atoms with van der Waals surface area (Å²) < 4.78 is 10.3. The first-order valence-electron chi connectivity index (χ1n) is 8.33. The Labute approximate surface area is 166 Å². The van der Waals surface area contributed by atoms with Crippen molar-refractivity contribution in [1.82, 2.24) is 0 Å². The highest BCUT2D eigenvalue weighted by atomic mass is 35.5. The summed E-state index contributed by atoms with van der Waals surface area (Å²) in [6.07, 6.45) is -0.308. The number of ether oxygens (including phenoxy) is 2. The zero-order chi connectivity index (χ0) is 20.1. The molecule has 0 saturated heterocycles. The van der Waals surface area contributed by atoms with Crippen LogP contribution in [0.5, 0.6) is 0 Å². The number of thiophene rings is 1. The maximum absolute atomic E-state index is 12.5. The number of benzene rings is 1. The highest BCUT2D eigenvalue weighted by Gasteiger charge is 2.28. The van der Waals surface area contributed by atoms with Gasteiger partial charge in [0.05, 0.1) is 18.3 Å². The van der Waals surface area contributed by atoms with E-state index in [1.54, 1.807) is 52.0 Å². The molecule has 144 valence electrons. The fraction of sp³-hybridized carbons (Fsp3) is 0.316. The lowest BCUT2D eigenvalue weighted by atomic mass is 10.1. The highest BCUT2D eigenvalue weighted by Crippen LogP contribution is 2.35. The van der Waals surface area contributed by atoms with Crippen LogP contribution in [0.1, 0.15) is 56.7 Å². The number of hydrogen-bond acceptors (Lipinski definition) is 6. The third kappa shape index (κ3) is 5.08. The van der Waals surface area contributed by atoms with Gasteiger partial charge < -0.3 is 14.8 Å². The summed E-state index contributed by atoms with van der Waals surface area (Å²) in [4.78, 5) is 37.5. The summed E-state index contributed by atoms with van der Waals surface area (Å²) in [7, 11) is 0. The average Bonchev–Trinajstić information content (AvgIpc) is 2.91. The molecule has 0 aliphatic heterocycles. The van der Waals surface area contributed by atoms with Crippen LogP contribution in [0, 0.1) is 6.92 Å². The van der Waals surface area contributed by atoms with Crippen molar-refractivity contribution in [3.05, 3.63) is 50.9 Å². The van der Waals surface area contributed by atoms with E-state index in [2.05, 4.69) is 5.32 Å². The molecule has 0 unspecified atom stereocenters. The van der Waals surface area contributed by atoms with Gasteiger partial charge in [-0.3, -0.25) is 4.79 Å². The number of hydrogen-bond donors (Lipinski definition) is 1. The number of anilines is 1. The van der Waals surface area contributed by atoms with E-state index in [0.717, 1.165) is 11.3 Å². The van der Waals surface area contributed by atoms with Gasteiger partial charge in [0.15, 0.2) is 0 Å². The van der Waals surface area contributed by atoms with Crippen LogP contribution in [-0.2, 0) is 9.47 Å². The Kier molecular flexibility index (Phi) is 6.98. The molecule has 0 bridgehead atoms. The Morgan fingerprint density at radius 2 is 1.78 bits per heavy atom. The van der Waals surface area contributed by atoms with Crippen molar-refractivity contribution >= 4 is 45.8 Å². The number of amides is 1. The molecule has 0 atom stereocenters. The van der Waals surface area contributed by atoms with Crippen molar-refractivity contribution in [3.63, 3.8) is 0 Å². The molecular weight excluding hydrogens is 390 g/mol. The number of carbonyl (C=O) groups is 3. The van der Waals surface area contributed by atoms with Gasteiger partial charge in [0.25, 0.3) is 5.91 Å². The third-order valence-electron chi connectivity index (χ3n) is 3.49. The van der Waals surface area contributed by atoms with Gasteiger partial charge >= 0.3 is 11.9 Å². The van der Waals surface area contributed by atoms with Crippen LogP contribution in [0.3, 0.4) is 0 Å². The number of rotatable bonds is 6. The van der Waals surface area contributed by atoms with Crippen LogP contribution in [-0.4, -0.2) is 30.6 Å². The number of halogens is 1. The first-order valence-corrected chi connectivity index (χ1v) is 9.52. The molecule has 0 radical (unpaired) electrons. The summed E-state index contributed by atoms with van der Waals surface area (Å²) in [5.74, 6) is -1.59. The number of nitrogens with one attached hydrogen (secondary N) is 1. The van der Waals surface area contributed by atoms with Crippen molar-refractivity contribution in [2.24, 2.45) is 0 Å². The van der Waals surface area contributed by atoms with Gasteiger partial charge in [-0.1, -0.05) is 11.6 Å². The van der Waals surface area contributed by atoms with Crippen molar-refractivity contribution in [3.8, 4) is 0 Å². The van der Waals surface area contributed by atoms with Gasteiger partial charge in [-0.15, -0.1) is 11.3 Å². The van der Waals surface area contributed by atoms with Crippen LogP contribution in [0.25, 0.3) is 0 Å². The molecule has 8 heteroatoms. The lowest BCUT2D eigenvalue weighted by Gasteiger charge is -2.07. The molecule has 0 spiro atoms. The van der Waals surface area contributed by atoms with Crippen LogP contribution in [0.4, 0.5) is 5.00 Å². The minimum atomic E-state index is -0.610. The fourth-order valence-electron chi connectivity index (χ4n) is 2.29. The minimum Gasteiger partial charge on any atom is -0.462 e. The molecule has 2 rings (SSSR count). The van der Waals surface area contributed by atoms with Crippen molar-refractivity contribution in [2.75, 3.05) is 11.9 Å². The van der Waals surface area contributed by atoms with E-state index < -0.39 is 17.8 Å². The standard InChI is InChI=1S/C19H20ClNO5S/c1-5-25-18(23)14-11(4)15(19(24)26-10(2)3)27-17(14)21-16(22)12-6-8-13(20)9-7-12/h6-10H,5H2,1-4H3,(H,21,22). The molecule has 1 aromatic carbocycles. The van der Waals surface area contributed by atoms with E-state index in [0.29, 0.717) is 16.1 Å². The van der Waals surface area contributed by atoms with Gasteiger partial charge in [-0.05, 0) is 57.5 Å². The SMILES string of the molecule is CCOC(=O)c1c(NC(=O)c2ccc(Cl)cc2)sc(C(=O)OC(C)C)c1C. The molecule has 1 N–H and O–H groups in total. The molecule has 1 aromatic heterocycles. The zero-order valence-electron chi connectivity index (χ0n) is 15.4. The Balaban J connectivity index is 2.40. The lowest BCUT2D eigenvalue weighted by molar-refractivity contribution is 0.0383. The lowest BCUT2D eigenvalue weighted by Crippen LogP contribution is -2.15. The van der Waals surface area contributed by atoms with Gasteiger partial charge in [-0.2, -0.15) is 0 Å². The van der Waals surface area contributed by atoms with E-state index in [1.165, 1.54) is 0 Å². The number of carbonyl (C=O) groups excluding carboxylic acids is 3. The molecule has 1 heterocycles. The molecule has 6 nitrogen and oxygen atoms in total. The Bertz CT molecular complexity index is 858. The maximum Gasteiger partial charge on any atom is 0.348 e. The minimum absolute atomic E-state index is 0.153. The van der Waals surface area contributed by atoms with Gasteiger partial charge in [0.1, 0.15) is 9.88 Å². The van der Waals surface area contributed by atoms with Crippen LogP contribution >= 0.6 is 22.9 Å². The van der Waals surface area contributed by atoms with Crippen molar-refractivity contribution in [2.45, 2.75) is 33.8 Å². The molecule has 2 aromatic rings. The summed E-state index contributed by atoms with van der Waals surface area (Å²) in [6.45, 7) is 6.94. The number of esters is 2. The second-order valence-corrected chi connectivity index (χ2v) is 7.35. The monoisotopic (exact) mass is 409 g/mol. The third-order valence-corrected chi connectivity index (χ3v) is 4.93. The van der Waals surface area contributed by atoms with Crippen molar-refractivity contribution < 1.29 is 23.9 Å². The summed E-state index contributed by atoms with van der Waals surface area (Å²) in [5, 5.41) is 3.42. The van der Waals surface area contributed by atoms with E-state index in [1.807, 2.05) is 0 Å². The van der Waals surface area contributed by atoms with Crippen molar-refractivity contribution in [1.29, 1.82) is 0 Å². The maximum atomic E-state index is 12.5. The fourth-order valence-corrected chi connectivity index (χ4v) is 3.49. The topological polar surface area (TPSA) is 81.7 Å². The second kappa shape index (κ2) is 9.01. The Morgan fingerprint density at radius 1 is 1.15 bits per heavy atom. The quantitative estimate of drug-likeness (QED) is 0.699. The highest BCUT2D eigenvalue weighted by molar-refractivity contribution is 7.18. The smallest absolute Gasteiger partial charge is 0.348 e. The molecule has 27 heavy (non-hydrogen) atoms. The average molecular weight is 410 g/mol. The normalized spacial score (nSPS) is 10.6. The van der Waals surface area contributed by atoms with Gasteiger partial charge in [0.2, 0.25) is 0 Å². The summed E-state index contributed by atoms with van der Waals surface area (Å²) in [5.41, 5.74) is 0.932. The van der Waals surface area contributed by atoms with E-state index in [4.69, 9.17) is 21.1 Å². The predicted octanol–water partition coefficient (Wildman–Crippen LogP) is 4.70. The Hall–Kier alpha value is -2.38.